The van der Waals surface area contributed by atoms with Crippen molar-refractivity contribution in [2.75, 3.05) is 31.1 Å². The first-order valence-electron chi connectivity index (χ1n) is 12.7. The highest BCUT2D eigenvalue weighted by atomic mass is 19.1. The number of nitrogens with one attached hydrogen (secondary N) is 1. The zero-order chi connectivity index (χ0) is 26.2. The Morgan fingerprint density at radius 3 is 2.71 bits per heavy atom. The number of rotatable bonds is 3. The van der Waals surface area contributed by atoms with Crippen molar-refractivity contribution in [1.29, 1.82) is 5.26 Å². The van der Waals surface area contributed by atoms with Crippen LogP contribution in [0.4, 0.5) is 14.5 Å². The Morgan fingerprint density at radius 2 is 1.89 bits per heavy atom. The number of piperidine rings is 1. The Morgan fingerprint density at radius 1 is 1.05 bits per heavy atom. The number of ether oxygens (including phenoxy) is 1. The largest absolute Gasteiger partial charge is 0.506 e. The van der Waals surface area contributed by atoms with Gasteiger partial charge in [0, 0.05) is 54.5 Å². The quantitative estimate of drug-likeness (QED) is 0.384. The zero-order valence-corrected chi connectivity index (χ0v) is 20.6. The standard InChI is InChI=1S/C30H26F2N4O2/c31-21-11-20(12-22(32)14-21)25-16-35-26-6-5-18(23-4-1-3-19(15-33)30(23)37)13-24(26)29(25)36-9-7-27-28(17-36)38-10-2-8-34-27/h1,3-6,11-14,16,27-28,34,37H,2,7-10,17H2/t27-,28-/m1/s1. The maximum Gasteiger partial charge on any atom is 0.141 e. The summed E-state index contributed by atoms with van der Waals surface area (Å²) in [5.74, 6) is -1.41. The third kappa shape index (κ3) is 4.44. The molecule has 2 aliphatic heterocycles. The molecule has 2 atom stereocenters. The average molecular weight is 513 g/mol. The van der Waals surface area contributed by atoms with Gasteiger partial charge in [-0.3, -0.25) is 4.98 Å². The van der Waals surface area contributed by atoms with Crippen LogP contribution in [0.25, 0.3) is 33.2 Å². The van der Waals surface area contributed by atoms with Crippen molar-refractivity contribution in [3.8, 4) is 34.1 Å². The van der Waals surface area contributed by atoms with Gasteiger partial charge in [0.25, 0.3) is 0 Å². The van der Waals surface area contributed by atoms with Crippen LogP contribution in [-0.4, -0.2) is 48.5 Å². The second kappa shape index (κ2) is 10.0. The summed E-state index contributed by atoms with van der Waals surface area (Å²) in [7, 11) is 0. The van der Waals surface area contributed by atoms with Gasteiger partial charge in [-0.25, -0.2) is 8.78 Å². The fourth-order valence-electron chi connectivity index (χ4n) is 5.59. The molecular formula is C30H26F2N4O2. The number of nitriles is 1. The van der Waals surface area contributed by atoms with Crippen molar-refractivity contribution in [3.05, 3.63) is 78.0 Å². The van der Waals surface area contributed by atoms with Gasteiger partial charge in [-0.05, 0) is 60.8 Å². The van der Waals surface area contributed by atoms with E-state index in [9.17, 15) is 19.1 Å². The van der Waals surface area contributed by atoms with E-state index in [1.807, 2.05) is 24.3 Å². The van der Waals surface area contributed by atoms with Gasteiger partial charge in [0.15, 0.2) is 0 Å². The van der Waals surface area contributed by atoms with Crippen LogP contribution >= 0.6 is 0 Å². The summed E-state index contributed by atoms with van der Waals surface area (Å²) in [6.45, 7) is 2.93. The molecule has 2 aliphatic rings. The number of hydrogen-bond donors (Lipinski definition) is 2. The second-order valence-corrected chi connectivity index (χ2v) is 9.78. The Labute approximate surface area is 219 Å². The van der Waals surface area contributed by atoms with Crippen LogP contribution < -0.4 is 10.2 Å². The van der Waals surface area contributed by atoms with Crippen LogP contribution in [0, 0.1) is 23.0 Å². The topological polar surface area (TPSA) is 81.4 Å². The number of nitrogens with zero attached hydrogens (tertiary/aromatic N) is 3. The number of pyridine rings is 1. The number of anilines is 1. The SMILES string of the molecule is N#Cc1cccc(-c2ccc3ncc(-c4cc(F)cc(F)c4)c(N4CC[C@H]5NCCCO[C@@H]5C4)c3c2)c1O. The van der Waals surface area contributed by atoms with Crippen LogP contribution in [0.5, 0.6) is 5.75 Å². The molecule has 4 aromatic rings. The lowest BCUT2D eigenvalue weighted by Crippen LogP contribution is -2.53. The van der Waals surface area contributed by atoms with Crippen LogP contribution in [0.3, 0.4) is 0 Å². The molecule has 6 nitrogen and oxygen atoms in total. The van der Waals surface area contributed by atoms with Crippen molar-refractivity contribution in [2.45, 2.75) is 25.0 Å². The minimum Gasteiger partial charge on any atom is -0.506 e. The molecule has 3 heterocycles. The number of aromatic nitrogens is 1. The monoisotopic (exact) mass is 512 g/mol. The van der Waals surface area contributed by atoms with E-state index in [-0.39, 0.29) is 23.5 Å². The predicted octanol–water partition coefficient (Wildman–Crippen LogP) is 5.38. The molecule has 2 fully saturated rings. The van der Waals surface area contributed by atoms with Crippen LogP contribution in [-0.2, 0) is 4.74 Å². The number of para-hydroxylation sites is 1. The minimum absolute atomic E-state index is 0.0221. The lowest BCUT2D eigenvalue weighted by atomic mass is 9.94. The molecule has 0 spiro atoms. The molecule has 0 saturated carbocycles. The molecule has 3 aromatic carbocycles. The molecule has 0 aliphatic carbocycles. The van der Waals surface area contributed by atoms with E-state index < -0.39 is 11.6 Å². The highest BCUT2D eigenvalue weighted by Gasteiger charge is 2.33. The molecule has 2 saturated heterocycles. The average Bonchev–Trinajstić information content (AvgIpc) is 3.17. The normalized spacial score (nSPS) is 19.6. The summed E-state index contributed by atoms with van der Waals surface area (Å²) in [5.41, 5.74) is 3.95. The number of phenols is 1. The highest BCUT2D eigenvalue weighted by molar-refractivity contribution is 6.02. The highest BCUT2D eigenvalue weighted by Crippen LogP contribution is 2.41. The summed E-state index contributed by atoms with van der Waals surface area (Å²) in [6, 6.07) is 16.4. The maximum atomic E-state index is 14.3. The fourth-order valence-corrected chi connectivity index (χ4v) is 5.59. The number of fused-ring (bicyclic) bond motifs is 2. The van der Waals surface area contributed by atoms with Crippen LogP contribution in [0.2, 0.25) is 0 Å². The first-order chi connectivity index (χ1) is 18.5. The molecule has 0 radical (unpaired) electrons. The van der Waals surface area contributed by atoms with E-state index in [4.69, 9.17) is 4.74 Å². The van der Waals surface area contributed by atoms with Gasteiger partial charge >= 0.3 is 0 Å². The van der Waals surface area contributed by atoms with Crippen molar-refractivity contribution >= 4 is 16.6 Å². The molecule has 1 aromatic heterocycles. The summed E-state index contributed by atoms with van der Waals surface area (Å²) >= 11 is 0. The summed E-state index contributed by atoms with van der Waals surface area (Å²) in [5, 5.41) is 24.5. The molecule has 2 N–H and O–H groups in total. The predicted molar refractivity (Wildman–Crippen MR) is 142 cm³/mol. The van der Waals surface area contributed by atoms with Crippen molar-refractivity contribution in [1.82, 2.24) is 10.3 Å². The van der Waals surface area contributed by atoms with E-state index in [1.54, 1.807) is 24.4 Å². The van der Waals surface area contributed by atoms with Gasteiger partial charge in [-0.15, -0.1) is 0 Å². The van der Waals surface area contributed by atoms with Gasteiger partial charge in [0.05, 0.1) is 22.9 Å². The van der Waals surface area contributed by atoms with Gasteiger partial charge in [-0.2, -0.15) is 5.26 Å². The first-order valence-corrected chi connectivity index (χ1v) is 12.7. The third-order valence-corrected chi connectivity index (χ3v) is 7.42. The fraction of sp³-hybridized carbons (Fsp3) is 0.267. The molecule has 6 rings (SSSR count). The second-order valence-electron chi connectivity index (χ2n) is 9.78. The van der Waals surface area contributed by atoms with Gasteiger partial charge in [0.1, 0.15) is 23.5 Å². The molecular weight excluding hydrogens is 486 g/mol. The molecule has 0 amide bonds. The summed E-state index contributed by atoms with van der Waals surface area (Å²) < 4.78 is 34.8. The van der Waals surface area contributed by atoms with Gasteiger partial charge < -0.3 is 20.1 Å². The molecule has 8 heteroatoms. The zero-order valence-electron chi connectivity index (χ0n) is 20.6. The molecule has 192 valence electrons. The molecule has 0 unspecified atom stereocenters. The third-order valence-electron chi connectivity index (χ3n) is 7.42. The Hall–Kier alpha value is -4.06. The number of benzene rings is 3. The summed E-state index contributed by atoms with van der Waals surface area (Å²) in [6.07, 6.45) is 3.45. The van der Waals surface area contributed by atoms with E-state index >= 15 is 0 Å². The number of hydrogen-bond acceptors (Lipinski definition) is 6. The lowest BCUT2D eigenvalue weighted by molar-refractivity contribution is 0.0377. The van der Waals surface area contributed by atoms with E-state index in [0.29, 0.717) is 40.9 Å². The molecule has 0 bridgehead atoms. The minimum atomic E-state index is -0.659. The number of halogens is 2. The number of phenolic OH excluding ortho intramolecular Hbond substituents is 1. The first kappa shape index (κ1) is 24.3. The van der Waals surface area contributed by atoms with Crippen molar-refractivity contribution in [2.24, 2.45) is 0 Å². The Balaban J connectivity index is 1.55. The Bertz CT molecular complexity index is 1550. The number of aromatic hydroxyl groups is 1. The maximum absolute atomic E-state index is 14.3. The van der Waals surface area contributed by atoms with Crippen LogP contribution in [0.15, 0.2) is 60.8 Å². The van der Waals surface area contributed by atoms with Crippen molar-refractivity contribution < 1.29 is 18.6 Å². The van der Waals surface area contributed by atoms with E-state index in [2.05, 4.69) is 15.2 Å². The van der Waals surface area contributed by atoms with E-state index in [0.717, 1.165) is 43.1 Å². The van der Waals surface area contributed by atoms with E-state index in [1.165, 1.54) is 12.1 Å². The van der Waals surface area contributed by atoms with Crippen molar-refractivity contribution in [3.63, 3.8) is 0 Å². The van der Waals surface area contributed by atoms with Gasteiger partial charge in [-0.1, -0.05) is 18.2 Å². The summed E-state index contributed by atoms with van der Waals surface area (Å²) in [4.78, 5) is 6.84. The smallest absolute Gasteiger partial charge is 0.141 e. The van der Waals surface area contributed by atoms with Crippen LogP contribution in [0.1, 0.15) is 18.4 Å². The van der Waals surface area contributed by atoms with Gasteiger partial charge in [0.2, 0.25) is 0 Å². The molecule has 38 heavy (non-hydrogen) atoms. The Kier molecular flexibility index (Phi) is 6.40. The lowest BCUT2D eigenvalue weighted by Gasteiger charge is -2.40.